The predicted octanol–water partition coefficient (Wildman–Crippen LogP) is 1.15. The first-order chi connectivity index (χ1) is 9.45. The fourth-order valence-corrected chi connectivity index (χ4v) is 2.78. The minimum Gasteiger partial charge on any atom is -0.458 e. The number of amides is 2. The summed E-state index contributed by atoms with van der Waals surface area (Å²) in [6.45, 7) is 0.675. The largest absolute Gasteiger partial charge is 0.458 e. The number of nitrogens with zero attached hydrogens (tertiary/aromatic N) is 1. The van der Waals surface area contributed by atoms with E-state index in [2.05, 4.69) is 21.2 Å². The SMILES string of the molecule is CNC(=O)CC1(O)CCCN(C(=O)c2occc2Br)C1. The number of furan rings is 1. The number of rotatable bonds is 3. The normalized spacial score (nSPS) is 22.6. The van der Waals surface area contributed by atoms with Gasteiger partial charge in [0.05, 0.1) is 29.3 Å². The number of likely N-dealkylation sites (tertiary alicyclic amines) is 1. The summed E-state index contributed by atoms with van der Waals surface area (Å²) in [5, 5.41) is 13.0. The Hall–Kier alpha value is -1.34. The number of carbonyl (C=O) groups excluding carboxylic acids is 2. The zero-order chi connectivity index (χ0) is 14.8. The van der Waals surface area contributed by atoms with Crippen molar-refractivity contribution >= 4 is 27.7 Å². The highest BCUT2D eigenvalue weighted by Crippen LogP contribution is 2.27. The Morgan fingerprint density at radius 3 is 2.95 bits per heavy atom. The van der Waals surface area contributed by atoms with Crippen molar-refractivity contribution in [3.63, 3.8) is 0 Å². The molecule has 2 rings (SSSR count). The van der Waals surface area contributed by atoms with Crippen molar-refractivity contribution in [1.82, 2.24) is 10.2 Å². The van der Waals surface area contributed by atoms with Crippen molar-refractivity contribution in [2.45, 2.75) is 24.9 Å². The average molecular weight is 345 g/mol. The highest BCUT2D eigenvalue weighted by atomic mass is 79.9. The number of carbonyl (C=O) groups is 2. The Labute approximate surface area is 125 Å². The van der Waals surface area contributed by atoms with Gasteiger partial charge in [0.2, 0.25) is 11.7 Å². The van der Waals surface area contributed by atoms with E-state index in [1.807, 2.05) is 0 Å². The molecule has 110 valence electrons. The molecule has 1 aromatic heterocycles. The van der Waals surface area contributed by atoms with E-state index >= 15 is 0 Å². The van der Waals surface area contributed by atoms with Gasteiger partial charge in [0.25, 0.3) is 5.91 Å². The third-order valence-corrected chi connectivity index (χ3v) is 4.05. The highest BCUT2D eigenvalue weighted by Gasteiger charge is 2.38. The summed E-state index contributed by atoms with van der Waals surface area (Å²) in [6.07, 6.45) is 2.58. The van der Waals surface area contributed by atoms with E-state index in [0.717, 1.165) is 0 Å². The van der Waals surface area contributed by atoms with Gasteiger partial charge in [-0.15, -0.1) is 0 Å². The highest BCUT2D eigenvalue weighted by molar-refractivity contribution is 9.10. The third-order valence-electron chi connectivity index (χ3n) is 3.42. The van der Waals surface area contributed by atoms with E-state index in [1.165, 1.54) is 18.2 Å². The second kappa shape index (κ2) is 5.97. The van der Waals surface area contributed by atoms with Crippen LogP contribution in [0.3, 0.4) is 0 Å². The van der Waals surface area contributed by atoms with Crippen molar-refractivity contribution in [3.8, 4) is 0 Å². The fraction of sp³-hybridized carbons (Fsp3) is 0.538. The molecular weight excluding hydrogens is 328 g/mol. The third kappa shape index (κ3) is 3.21. The maximum Gasteiger partial charge on any atom is 0.290 e. The Morgan fingerprint density at radius 1 is 1.60 bits per heavy atom. The molecule has 20 heavy (non-hydrogen) atoms. The Bertz CT molecular complexity index is 516. The van der Waals surface area contributed by atoms with Gasteiger partial charge in [-0.3, -0.25) is 9.59 Å². The average Bonchev–Trinajstić information content (AvgIpc) is 2.83. The van der Waals surface area contributed by atoms with Gasteiger partial charge in [-0.25, -0.2) is 0 Å². The molecule has 1 aromatic rings. The molecule has 0 spiro atoms. The van der Waals surface area contributed by atoms with Crippen LogP contribution < -0.4 is 5.32 Å². The number of nitrogens with one attached hydrogen (secondary N) is 1. The smallest absolute Gasteiger partial charge is 0.290 e. The van der Waals surface area contributed by atoms with Gasteiger partial charge < -0.3 is 19.7 Å². The van der Waals surface area contributed by atoms with Gasteiger partial charge in [-0.05, 0) is 34.8 Å². The summed E-state index contributed by atoms with van der Waals surface area (Å²) in [4.78, 5) is 25.3. The topological polar surface area (TPSA) is 82.8 Å². The lowest BCUT2D eigenvalue weighted by Gasteiger charge is -2.38. The quantitative estimate of drug-likeness (QED) is 0.861. The number of halogens is 1. The van der Waals surface area contributed by atoms with Crippen molar-refractivity contribution in [2.75, 3.05) is 20.1 Å². The molecule has 0 aromatic carbocycles. The first kappa shape index (κ1) is 15.1. The molecule has 1 aliphatic rings. The zero-order valence-corrected chi connectivity index (χ0v) is 12.8. The molecule has 0 saturated carbocycles. The molecule has 2 N–H and O–H groups in total. The predicted molar refractivity (Wildman–Crippen MR) is 75.2 cm³/mol. The maximum absolute atomic E-state index is 12.3. The molecule has 1 fully saturated rings. The van der Waals surface area contributed by atoms with E-state index in [4.69, 9.17) is 4.42 Å². The van der Waals surface area contributed by atoms with E-state index in [-0.39, 0.29) is 30.5 Å². The molecular formula is C13H17BrN2O4. The summed E-state index contributed by atoms with van der Waals surface area (Å²) in [6, 6.07) is 1.65. The van der Waals surface area contributed by atoms with E-state index in [9.17, 15) is 14.7 Å². The molecule has 0 radical (unpaired) electrons. The van der Waals surface area contributed by atoms with Crippen LogP contribution in [0.2, 0.25) is 0 Å². The van der Waals surface area contributed by atoms with Gasteiger partial charge in [0, 0.05) is 13.6 Å². The lowest BCUT2D eigenvalue weighted by molar-refractivity contribution is -0.127. The Balaban J connectivity index is 2.09. The summed E-state index contributed by atoms with van der Waals surface area (Å²) in [5.74, 6) is -0.299. The maximum atomic E-state index is 12.3. The number of β-amino-alcohol motifs (C(OH)–C–C–N with tert-alkyl or cyclic N) is 1. The van der Waals surface area contributed by atoms with E-state index in [1.54, 1.807) is 6.07 Å². The number of hydrogen-bond donors (Lipinski definition) is 2. The van der Waals surface area contributed by atoms with Crippen molar-refractivity contribution in [1.29, 1.82) is 0 Å². The lowest BCUT2D eigenvalue weighted by Crippen LogP contribution is -2.52. The Kier molecular flexibility index (Phi) is 4.49. The molecule has 7 heteroatoms. The summed E-state index contributed by atoms with van der Waals surface area (Å²) < 4.78 is 5.74. The number of piperidine rings is 1. The molecule has 2 amide bonds. The standard InChI is InChI=1S/C13H17BrN2O4/c1-15-10(17)7-13(19)4-2-5-16(8-13)12(18)11-9(14)3-6-20-11/h3,6,19H,2,4-5,7-8H2,1H3,(H,15,17). The minimum atomic E-state index is -1.17. The lowest BCUT2D eigenvalue weighted by atomic mass is 9.89. The fourth-order valence-electron chi connectivity index (χ4n) is 2.41. The van der Waals surface area contributed by atoms with Crippen LogP contribution in [0.15, 0.2) is 21.2 Å². The van der Waals surface area contributed by atoms with Crippen LogP contribution in [0.4, 0.5) is 0 Å². The summed E-state index contributed by atoms with van der Waals surface area (Å²) in [5.41, 5.74) is -1.17. The summed E-state index contributed by atoms with van der Waals surface area (Å²) in [7, 11) is 1.53. The van der Waals surface area contributed by atoms with Crippen molar-refractivity contribution in [3.05, 3.63) is 22.6 Å². The Morgan fingerprint density at radius 2 is 2.35 bits per heavy atom. The van der Waals surface area contributed by atoms with Crippen molar-refractivity contribution in [2.24, 2.45) is 0 Å². The van der Waals surface area contributed by atoms with Crippen LogP contribution in [0.1, 0.15) is 29.8 Å². The summed E-state index contributed by atoms with van der Waals surface area (Å²) >= 11 is 3.25. The number of hydrogen-bond acceptors (Lipinski definition) is 4. The monoisotopic (exact) mass is 344 g/mol. The van der Waals surface area contributed by atoms with Gasteiger partial charge in [-0.2, -0.15) is 0 Å². The van der Waals surface area contributed by atoms with Crippen LogP contribution in [0.25, 0.3) is 0 Å². The zero-order valence-electron chi connectivity index (χ0n) is 11.2. The first-order valence-electron chi connectivity index (χ1n) is 6.40. The second-order valence-electron chi connectivity index (χ2n) is 5.00. The van der Waals surface area contributed by atoms with Gasteiger partial charge in [0.15, 0.2) is 0 Å². The van der Waals surface area contributed by atoms with E-state index < -0.39 is 5.60 Å². The molecule has 1 unspecified atom stereocenters. The van der Waals surface area contributed by atoms with Crippen LogP contribution in [0, 0.1) is 0 Å². The molecule has 0 bridgehead atoms. The molecule has 1 aliphatic heterocycles. The van der Waals surface area contributed by atoms with Gasteiger partial charge in [0.1, 0.15) is 0 Å². The van der Waals surface area contributed by atoms with Gasteiger partial charge in [-0.1, -0.05) is 0 Å². The van der Waals surface area contributed by atoms with Crippen LogP contribution in [0.5, 0.6) is 0 Å². The van der Waals surface area contributed by atoms with Crippen LogP contribution >= 0.6 is 15.9 Å². The number of aliphatic hydroxyl groups is 1. The molecule has 2 heterocycles. The molecule has 6 nitrogen and oxygen atoms in total. The minimum absolute atomic E-state index is 0.00734. The molecule has 0 aliphatic carbocycles. The molecule has 1 saturated heterocycles. The van der Waals surface area contributed by atoms with Crippen molar-refractivity contribution < 1.29 is 19.1 Å². The second-order valence-corrected chi connectivity index (χ2v) is 5.86. The van der Waals surface area contributed by atoms with Crippen LogP contribution in [-0.2, 0) is 4.79 Å². The van der Waals surface area contributed by atoms with Crippen LogP contribution in [-0.4, -0.2) is 47.6 Å². The van der Waals surface area contributed by atoms with E-state index in [0.29, 0.717) is 23.9 Å². The molecule has 1 atom stereocenters. The van der Waals surface area contributed by atoms with Gasteiger partial charge >= 0.3 is 0 Å². The first-order valence-corrected chi connectivity index (χ1v) is 7.20.